The summed E-state index contributed by atoms with van der Waals surface area (Å²) in [7, 11) is 0. The lowest BCUT2D eigenvalue weighted by molar-refractivity contribution is 0.323. The maximum Gasteiger partial charge on any atom is 0.120 e. The summed E-state index contributed by atoms with van der Waals surface area (Å²) in [6.07, 6.45) is 5.27. The van der Waals surface area contributed by atoms with Crippen LogP contribution >= 0.6 is 15.9 Å². The van der Waals surface area contributed by atoms with Crippen molar-refractivity contribution in [3.05, 3.63) is 22.9 Å². The Hall–Kier alpha value is -0.640. The molecule has 1 fully saturated rings. The summed E-state index contributed by atoms with van der Waals surface area (Å²) in [6, 6.07) is 1.82. The van der Waals surface area contributed by atoms with Crippen LogP contribution in [0.25, 0.3) is 0 Å². The van der Waals surface area contributed by atoms with Crippen molar-refractivity contribution in [2.45, 2.75) is 31.5 Å². The molecule has 1 N–H and O–H groups in total. The lowest BCUT2D eigenvalue weighted by Crippen LogP contribution is -2.24. The van der Waals surface area contributed by atoms with Gasteiger partial charge in [-0.25, -0.2) is 4.39 Å². The molecule has 1 aliphatic carbocycles. The second-order valence-corrected chi connectivity index (χ2v) is 4.41. The van der Waals surface area contributed by atoms with E-state index in [1.165, 1.54) is 0 Å². The zero-order valence-corrected chi connectivity index (χ0v) is 9.30. The smallest absolute Gasteiger partial charge is 0.120 e. The summed E-state index contributed by atoms with van der Waals surface area (Å²) in [5.41, 5.74) is 0.926. The molecule has 2 rings (SSSR count). The van der Waals surface area contributed by atoms with Crippen LogP contribution in [0.3, 0.4) is 0 Å². The molecule has 0 radical (unpaired) electrons. The van der Waals surface area contributed by atoms with Crippen molar-refractivity contribution in [3.63, 3.8) is 0 Å². The predicted octanol–water partition coefficient (Wildman–Crippen LogP) is 3.15. The van der Waals surface area contributed by atoms with Crippen LogP contribution in [-0.2, 0) is 0 Å². The predicted molar refractivity (Wildman–Crippen MR) is 58.1 cm³/mol. The fraction of sp³-hybridized carbons (Fsp3) is 0.500. The maximum absolute atomic E-state index is 13.3. The van der Waals surface area contributed by atoms with Crippen molar-refractivity contribution in [2.75, 3.05) is 5.32 Å². The molecule has 1 saturated carbocycles. The van der Waals surface area contributed by atoms with Gasteiger partial charge in [0.1, 0.15) is 6.17 Å². The summed E-state index contributed by atoms with van der Waals surface area (Å²) < 4.78 is 14.2. The third kappa shape index (κ3) is 2.05. The molecule has 1 aromatic heterocycles. The third-order valence-corrected chi connectivity index (χ3v) is 3.18. The van der Waals surface area contributed by atoms with E-state index in [0.29, 0.717) is 6.42 Å². The number of alkyl halides is 1. The molecule has 2 nitrogen and oxygen atoms in total. The number of rotatable bonds is 2. The molecule has 4 heteroatoms. The maximum atomic E-state index is 13.3. The second kappa shape index (κ2) is 4.26. The first-order valence-corrected chi connectivity index (χ1v) is 5.57. The Balaban J connectivity index is 2.07. The van der Waals surface area contributed by atoms with Crippen molar-refractivity contribution < 1.29 is 4.39 Å². The number of anilines is 1. The van der Waals surface area contributed by atoms with Gasteiger partial charge < -0.3 is 5.32 Å². The highest BCUT2D eigenvalue weighted by Gasteiger charge is 2.26. The summed E-state index contributed by atoms with van der Waals surface area (Å²) in [6.45, 7) is 0. The van der Waals surface area contributed by atoms with E-state index >= 15 is 0 Å². The molecule has 1 aromatic rings. The fourth-order valence-corrected chi connectivity index (χ4v) is 2.13. The fourth-order valence-electron chi connectivity index (χ4n) is 1.77. The lowest BCUT2D eigenvalue weighted by atomic mass is 10.2. The van der Waals surface area contributed by atoms with Gasteiger partial charge in [0, 0.05) is 12.4 Å². The van der Waals surface area contributed by atoms with Gasteiger partial charge in [-0.3, -0.25) is 4.98 Å². The average Bonchev–Trinajstić information content (AvgIpc) is 2.56. The highest BCUT2D eigenvalue weighted by atomic mass is 79.9. The van der Waals surface area contributed by atoms with Gasteiger partial charge in [0.15, 0.2) is 0 Å². The number of aromatic nitrogens is 1. The molecule has 0 aliphatic heterocycles. The molecular weight excluding hydrogens is 247 g/mol. The summed E-state index contributed by atoms with van der Waals surface area (Å²) in [5, 5.41) is 3.20. The molecule has 1 heterocycles. The molecule has 0 aromatic carbocycles. The standard InChI is InChI=1S/C10H12BrFN2/c11-7-6-13-5-4-9(7)14-10-3-1-2-8(10)12/h4-6,8,10H,1-3H2,(H,13,14)/t8-,10+/m1/s1. The van der Waals surface area contributed by atoms with E-state index in [1.54, 1.807) is 12.4 Å². The van der Waals surface area contributed by atoms with E-state index in [-0.39, 0.29) is 6.04 Å². The quantitative estimate of drug-likeness (QED) is 0.882. The number of nitrogens with one attached hydrogen (secondary N) is 1. The summed E-state index contributed by atoms with van der Waals surface area (Å²) >= 11 is 3.38. The normalized spacial score (nSPS) is 26.4. The van der Waals surface area contributed by atoms with Gasteiger partial charge in [-0.15, -0.1) is 0 Å². The number of halogens is 2. The SMILES string of the molecule is F[C@@H]1CCC[C@@H]1Nc1ccncc1Br. The largest absolute Gasteiger partial charge is 0.378 e. The van der Waals surface area contributed by atoms with Gasteiger partial charge in [0.05, 0.1) is 16.2 Å². The molecule has 14 heavy (non-hydrogen) atoms. The van der Waals surface area contributed by atoms with Gasteiger partial charge in [-0.1, -0.05) is 0 Å². The van der Waals surface area contributed by atoms with Gasteiger partial charge >= 0.3 is 0 Å². The summed E-state index contributed by atoms with van der Waals surface area (Å²) in [5.74, 6) is 0. The monoisotopic (exact) mass is 258 g/mol. The van der Waals surface area contributed by atoms with E-state index < -0.39 is 6.17 Å². The van der Waals surface area contributed by atoms with Crippen molar-refractivity contribution in [1.29, 1.82) is 0 Å². The first-order chi connectivity index (χ1) is 6.77. The molecule has 2 atom stereocenters. The minimum atomic E-state index is -0.713. The Labute approximate surface area is 91.1 Å². The number of pyridine rings is 1. The molecule has 0 amide bonds. The van der Waals surface area contributed by atoms with Crippen LogP contribution < -0.4 is 5.32 Å². The number of nitrogens with zero attached hydrogens (tertiary/aromatic N) is 1. The Morgan fingerprint density at radius 1 is 1.50 bits per heavy atom. The average molecular weight is 259 g/mol. The minimum Gasteiger partial charge on any atom is -0.378 e. The topological polar surface area (TPSA) is 24.9 Å². The molecule has 76 valence electrons. The number of hydrogen-bond donors (Lipinski definition) is 1. The van der Waals surface area contributed by atoms with Crippen molar-refractivity contribution in [1.82, 2.24) is 4.98 Å². The molecular formula is C10H12BrFN2. The Morgan fingerprint density at radius 2 is 2.36 bits per heavy atom. The highest BCUT2D eigenvalue weighted by molar-refractivity contribution is 9.10. The Kier molecular flexibility index (Phi) is 3.01. The molecule has 0 unspecified atom stereocenters. The minimum absolute atomic E-state index is 0.0336. The van der Waals surface area contributed by atoms with Crippen molar-refractivity contribution in [3.8, 4) is 0 Å². The number of hydrogen-bond acceptors (Lipinski definition) is 2. The second-order valence-electron chi connectivity index (χ2n) is 3.55. The molecule has 0 saturated heterocycles. The van der Waals surface area contributed by atoms with Crippen LogP contribution in [-0.4, -0.2) is 17.2 Å². The van der Waals surface area contributed by atoms with Crippen molar-refractivity contribution >= 4 is 21.6 Å². The van der Waals surface area contributed by atoms with Crippen molar-refractivity contribution in [2.24, 2.45) is 0 Å². The van der Waals surface area contributed by atoms with Gasteiger partial charge in [-0.05, 0) is 41.3 Å². The highest BCUT2D eigenvalue weighted by Crippen LogP contribution is 2.28. The Morgan fingerprint density at radius 3 is 3.00 bits per heavy atom. The Bertz CT molecular complexity index is 319. The first kappa shape index (κ1) is 9.90. The molecule has 0 spiro atoms. The van der Waals surface area contributed by atoms with Gasteiger partial charge in [-0.2, -0.15) is 0 Å². The zero-order valence-electron chi connectivity index (χ0n) is 7.71. The van der Waals surface area contributed by atoms with E-state index in [4.69, 9.17) is 0 Å². The lowest BCUT2D eigenvalue weighted by Gasteiger charge is -2.16. The van der Waals surface area contributed by atoms with Crippen LogP contribution in [0.2, 0.25) is 0 Å². The van der Waals surface area contributed by atoms with Crippen LogP contribution in [0.1, 0.15) is 19.3 Å². The van der Waals surface area contributed by atoms with E-state index in [9.17, 15) is 4.39 Å². The van der Waals surface area contributed by atoms with Crippen LogP contribution in [0, 0.1) is 0 Å². The molecule has 1 aliphatic rings. The summed E-state index contributed by atoms with van der Waals surface area (Å²) in [4.78, 5) is 3.96. The third-order valence-electron chi connectivity index (χ3n) is 2.54. The first-order valence-electron chi connectivity index (χ1n) is 4.77. The van der Waals surface area contributed by atoms with Crippen LogP contribution in [0.5, 0.6) is 0 Å². The van der Waals surface area contributed by atoms with Gasteiger partial charge in [0.25, 0.3) is 0 Å². The van der Waals surface area contributed by atoms with E-state index in [2.05, 4.69) is 26.2 Å². The van der Waals surface area contributed by atoms with Crippen LogP contribution in [0.4, 0.5) is 10.1 Å². The zero-order chi connectivity index (χ0) is 9.97. The molecule has 0 bridgehead atoms. The van der Waals surface area contributed by atoms with E-state index in [1.807, 2.05) is 6.07 Å². The van der Waals surface area contributed by atoms with E-state index in [0.717, 1.165) is 23.0 Å². The van der Waals surface area contributed by atoms with Crippen LogP contribution in [0.15, 0.2) is 22.9 Å². The van der Waals surface area contributed by atoms with Gasteiger partial charge in [0.2, 0.25) is 0 Å².